The molecule has 1 fully saturated rings. The average molecular weight is 183 g/mol. The van der Waals surface area contributed by atoms with E-state index in [4.69, 9.17) is 4.74 Å². The number of ether oxygens (including phenoxy) is 1. The Morgan fingerprint density at radius 1 is 1.54 bits per heavy atom. The SMILES string of the molecule is CC(C)=CCNC1CCOC1(C)C. The Morgan fingerprint density at radius 3 is 2.69 bits per heavy atom. The van der Waals surface area contributed by atoms with Gasteiger partial charge in [0.25, 0.3) is 0 Å². The van der Waals surface area contributed by atoms with Crippen molar-refractivity contribution in [2.45, 2.75) is 45.8 Å². The van der Waals surface area contributed by atoms with Crippen molar-refractivity contribution in [3.8, 4) is 0 Å². The Morgan fingerprint density at radius 2 is 2.23 bits per heavy atom. The summed E-state index contributed by atoms with van der Waals surface area (Å²) in [7, 11) is 0. The van der Waals surface area contributed by atoms with Crippen molar-refractivity contribution in [3.05, 3.63) is 11.6 Å². The van der Waals surface area contributed by atoms with Crippen LogP contribution < -0.4 is 5.32 Å². The van der Waals surface area contributed by atoms with E-state index < -0.39 is 0 Å². The molecule has 2 nitrogen and oxygen atoms in total. The van der Waals surface area contributed by atoms with Gasteiger partial charge in [0.15, 0.2) is 0 Å². The van der Waals surface area contributed by atoms with Gasteiger partial charge in [0, 0.05) is 19.2 Å². The Labute approximate surface area is 81.4 Å². The van der Waals surface area contributed by atoms with Crippen molar-refractivity contribution in [1.29, 1.82) is 0 Å². The standard InChI is InChI=1S/C11H21NO/c1-9(2)5-7-12-10-6-8-13-11(10,3)4/h5,10,12H,6-8H2,1-4H3. The first-order valence-electron chi connectivity index (χ1n) is 5.03. The van der Waals surface area contributed by atoms with Crippen LogP contribution in [0.4, 0.5) is 0 Å². The second-order valence-corrected chi connectivity index (χ2v) is 4.48. The zero-order valence-corrected chi connectivity index (χ0v) is 9.18. The summed E-state index contributed by atoms with van der Waals surface area (Å²) in [5, 5.41) is 3.50. The largest absolute Gasteiger partial charge is 0.374 e. The molecule has 0 aromatic rings. The fourth-order valence-corrected chi connectivity index (χ4v) is 1.64. The molecule has 0 spiro atoms. The van der Waals surface area contributed by atoms with E-state index in [1.165, 1.54) is 5.57 Å². The number of rotatable bonds is 3. The minimum absolute atomic E-state index is 0.00941. The summed E-state index contributed by atoms with van der Waals surface area (Å²) in [6, 6.07) is 0.503. The summed E-state index contributed by atoms with van der Waals surface area (Å²) < 4.78 is 5.63. The van der Waals surface area contributed by atoms with Crippen molar-refractivity contribution < 1.29 is 4.74 Å². The molecule has 1 N–H and O–H groups in total. The topological polar surface area (TPSA) is 21.3 Å². The number of hydrogen-bond acceptors (Lipinski definition) is 2. The molecule has 1 aliphatic heterocycles. The van der Waals surface area contributed by atoms with Gasteiger partial charge in [-0.2, -0.15) is 0 Å². The Hall–Kier alpha value is -0.340. The van der Waals surface area contributed by atoms with E-state index >= 15 is 0 Å². The Bertz CT molecular complexity index is 192. The molecule has 0 amide bonds. The van der Waals surface area contributed by atoms with Crippen LogP contribution in [0.2, 0.25) is 0 Å². The molecule has 76 valence electrons. The highest BCUT2D eigenvalue weighted by molar-refractivity contribution is 4.97. The van der Waals surface area contributed by atoms with Crippen molar-refractivity contribution in [1.82, 2.24) is 5.32 Å². The molecule has 1 atom stereocenters. The molecule has 0 radical (unpaired) electrons. The molecule has 0 aromatic carbocycles. The maximum Gasteiger partial charge on any atom is 0.0779 e. The third-order valence-corrected chi connectivity index (χ3v) is 2.59. The van der Waals surface area contributed by atoms with Gasteiger partial charge in [0.1, 0.15) is 0 Å². The maximum atomic E-state index is 5.63. The van der Waals surface area contributed by atoms with Crippen LogP contribution in [0.15, 0.2) is 11.6 Å². The predicted molar refractivity (Wildman–Crippen MR) is 55.9 cm³/mol. The maximum absolute atomic E-state index is 5.63. The fourth-order valence-electron chi connectivity index (χ4n) is 1.64. The van der Waals surface area contributed by atoms with Crippen molar-refractivity contribution in [3.63, 3.8) is 0 Å². The second-order valence-electron chi connectivity index (χ2n) is 4.48. The molecule has 0 aromatic heterocycles. The van der Waals surface area contributed by atoms with E-state index in [9.17, 15) is 0 Å². The Balaban J connectivity index is 2.33. The van der Waals surface area contributed by atoms with E-state index in [0.29, 0.717) is 6.04 Å². The minimum atomic E-state index is 0.00941. The van der Waals surface area contributed by atoms with Gasteiger partial charge in [-0.1, -0.05) is 11.6 Å². The predicted octanol–water partition coefficient (Wildman–Crippen LogP) is 2.11. The zero-order chi connectivity index (χ0) is 9.90. The molecule has 1 rings (SSSR count). The summed E-state index contributed by atoms with van der Waals surface area (Å²) >= 11 is 0. The first kappa shape index (κ1) is 10.7. The molecule has 0 aliphatic carbocycles. The fraction of sp³-hybridized carbons (Fsp3) is 0.818. The van der Waals surface area contributed by atoms with Crippen LogP contribution >= 0.6 is 0 Å². The molecule has 1 unspecified atom stereocenters. The van der Waals surface area contributed by atoms with Crippen molar-refractivity contribution in [2.24, 2.45) is 0 Å². The Kier molecular flexibility index (Phi) is 3.51. The summed E-state index contributed by atoms with van der Waals surface area (Å²) in [6.07, 6.45) is 3.35. The third-order valence-electron chi connectivity index (χ3n) is 2.59. The van der Waals surface area contributed by atoms with E-state index in [1.54, 1.807) is 0 Å². The molecule has 1 aliphatic rings. The van der Waals surface area contributed by atoms with Crippen LogP contribution in [0.1, 0.15) is 34.1 Å². The second kappa shape index (κ2) is 4.25. The van der Waals surface area contributed by atoms with E-state index in [2.05, 4.69) is 39.1 Å². The quantitative estimate of drug-likeness (QED) is 0.677. The summed E-state index contributed by atoms with van der Waals surface area (Å²) in [5.41, 5.74) is 1.37. The van der Waals surface area contributed by atoms with E-state index in [1.807, 2.05) is 0 Å². The van der Waals surface area contributed by atoms with Crippen molar-refractivity contribution >= 4 is 0 Å². The van der Waals surface area contributed by atoms with Gasteiger partial charge in [-0.05, 0) is 34.1 Å². The van der Waals surface area contributed by atoms with Crippen LogP contribution in [-0.2, 0) is 4.74 Å². The van der Waals surface area contributed by atoms with Gasteiger partial charge >= 0.3 is 0 Å². The summed E-state index contributed by atoms with van der Waals surface area (Å²) in [6.45, 7) is 10.4. The van der Waals surface area contributed by atoms with Crippen LogP contribution in [0, 0.1) is 0 Å². The molecule has 0 saturated carbocycles. The van der Waals surface area contributed by atoms with Gasteiger partial charge in [-0.3, -0.25) is 0 Å². The lowest BCUT2D eigenvalue weighted by molar-refractivity contribution is 0.0223. The monoisotopic (exact) mass is 183 g/mol. The van der Waals surface area contributed by atoms with E-state index in [0.717, 1.165) is 19.6 Å². The lowest BCUT2D eigenvalue weighted by Crippen LogP contribution is -2.43. The van der Waals surface area contributed by atoms with Gasteiger partial charge in [-0.15, -0.1) is 0 Å². The zero-order valence-electron chi connectivity index (χ0n) is 9.18. The van der Waals surface area contributed by atoms with Gasteiger partial charge in [-0.25, -0.2) is 0 Å². The summed E-state index contributed by atoms with van der Waals surface area (Å²) in [5.74, 6) is 0. The van der Waals surface area contributed by atoms with Crippen LogP contribution in [-0.4, -0.2) is 24.8 Å². The minimum Gasteiger partial charge on any atom is -0.374 e. The van der Waals surface area contributed by atoms with Crippen molar-refractivity contribution in [2.75, 3.05) is 13.2 Å². The van der Waals surface area contributed by atoms with Gasteiger partial charge < -0.3 is 10.1 Å². The highest BCUT2D eigenvalue weighted by Gasteiger charge is 2.34. The number of hydrogen-bond donors (Lipinski definition) is 1. The highest BCUT2D eigenvalue weighted by Crippen LogP contribution is 2.24. The summed E-state index contributed by atoms with van der Waals surface area (Å²) in [4.78, 5) is 0. The lowest BCUT2D eigenvalue weighted by atomic mass is 9.99. The first-order valence-corrected chi connectivity index (χ1v) is 5.03. The van der Waals surface area contributed by atoms with Gasteiger partial charge in [0.2, 0.25) is 0 Å². The van der Waals surface area contributed by atoms with Crippen LogP contribution in [0.3, 0.4) is 0 Å². The molecule has 13 heavy (non-hydrogen) atoms. The number of allylic oxidation sites excluding steroid dienone is 1. The molecule has 2 heteroatoms. The van der Waals surface area contributed by atoms with Crippen LogP contribution in [0.25, 0.3) is 0 Å². The normalized spacial score (nSPS) is 26.0. The van der Waals surface area contributed by atoms with E-state index in [-0.39, 0.29) is 5.60 Å². The molecule has 1 heterocycles. The molecule has 0 bridgehead atoms. The molecular formula is C11H21NO. The van der Waals surface area contributed by atoms with Gasteiger partial charge in [0.05, 0.1) is 5.60 Å². The number of nitrogens with one attached hydrogen (secondary N) is 1. The molecular weight excluding hydrogens is 162 g/mol. The molecule has 1 saturated heterocycles. The highest BCUT2D eigenvalue weighted by atomic mass is 16.5. The van der Waals surface area contributed by atoms with Crippen LogP contribution in [0.5, 0.6) is 0 Å². The first-order chi connectivity index (χ1) is 6.02. The average Bonchev–Trinajstić information content (AvgIpc) is 2.30. The smallest absolute Gasteiger partial charge is 0.0779 e. The third kappa shape index (κ3) is 3.12. The lowest BCUT2D eigenvalue weighted by Gasteiger charge is -2.26.